The molecule has 1 unspecified atom stereocenters. The van der Waals surface area contributed by atoms with E-state index < -0.39 is 17.7 Å². The van der Waals surface area contributed by atoms with Gasteiger partial charge >= 0.3 is 12.1 Å². The molecular formula is C15H17ClF5N5. The molecule has 26 heavy (non-hydrogen) atoms. The summed E-state index contributed by atoms with van der Waals surface area (Å²) in [5.41, 5.74) is -0.851. The average molecular weight is 398 g/mol. The van der Waals surface area contributed by atoms with Crippen molar-refractivity contribution in [1.82, 2.24) is 19.9 Å². The lowest BCUT2D eigenvalue weighted by Crippen LogP contribution is -2.33. The number of nitrogens with zero attached hydrogens (tertiary/aromatic N) is 4. The van der Waals surface area contributed by atoms with E-state index >= 15 is 0 Å². The fourth-order valence-corrected chi connectivity index (χ4v) is 3.76. The number of anilines is 1. The van der Waals surface area contributed by atoms with Crippen LogP contribution < -0.4 is 10.2 Å². The van der Waals surface area contributed by atoms with Gasteiger partial charge in [-0.2, -0.15) is 27.1 Å². The lowest BCUT2D eigenvalue weighted by molar-refractivity contribution is -0.289. The molecule has 2 aliphatic heterocycles. The van der Waals surface area contributed by atoms with Gasteiger partial charge in [0.15, 0.2) is 5.82 Å². The van der Waals surface area contributed by atoms with Crippen molar-refractivity contribution in [3.8, 4) is 0 Å². The van der Waals surface area contributed by atoms with Gasteiger partial charge in [0.25, 0.3) is 0 Å². The fourth-order valence-electron chi connectivity index (χ4n) is 3.76. The number of hydrogen-bond acceptors (Lipinski definition) is 4. The quantitative estimate of drug-likeness (QED) is 0.791. The molecule has 0 radical (unpaired) electrons. The summed E-state index contributed by atoms with van der Waals surface area (Å²) in [4.78, 5) is 6.09. The molecule has 1 atom stereocenters. The zero-order valence-electron chi connectivity index (χ0n) is 13.6. The van der Waals surface area contributed by atoms with Gasteiger partial charge in [-0.15, -0.1) is 12.4 Å². The lowest BCUT2D eigenvalue weighted by atomic mass is 9.87. The number of rotatable bonds is 2. The van der Waals surface area contributed by atoms with Crippen molar-refractivity contribution in [3.05, 3.63) is 24.2 Å². The molecule has 1 spiro atoms. The van der Waals surface area contributed by atoms with E-state index in [2.05, 4.69) is 15.4 Å². The van der Waals surface area contributed by atoms with Gasteiger partial charge in [-0.25, -0.2) is 9.50 Å². The minimum atomic E-state index is -5.65. The molecule has 2 fully saturated rings. The van der Waals surface area contributed by atoms with Gasteiger partial charge in [0.05, 0.1) is 5.56 Å². The molecule has 4 rings (SSSR count). The maximum Gasteiger partial charge on any atom is 0.458 e. The summed E-state index contributed by atoms with van der Waals surface area (Å²) >= 11 is 0. The summed E-state index contributed by atoms with van der Waals surface area (Å²) in [7, 11) is 0. The Hall–Kier alpha value is -1.68. The standard InChI is InChI=1S/C15H16F5N5.ClH/c16-14(17,15(18,19)20)10-5-11-12(22-9-23-25(11)6-10)24-4-2-13(8-24)1-3-21-7-13;/h5-6,9,21H,1-4,7-8H2;1H. The third-order valence-electron chi connectivity index (χ3n) is 5.17. The number of nitrogens with one attached hydrogen (secondary N) is 1. The topological polar surface area (TPSA) is 45.5 Å². The van der Waals surface area contributed by atoms with Crippen molar-refractivity contribution in [3.63, 3.8) is 0 Å². The predicted octanol–water partition coefficient (Wildman–Crippen LogP) is 3.00. The predicted molar refractivity (Wildman–Crippen MR) is 86.9 cm³/mol. The minimum Gasteiger partial charge on any atom is -0.354 e. The summed E-state index contributed by atoms with van der Waals surface area (Å²) in [6.07, 6.45) is -1.81. The molecule has 0 saturated carbocycles. The summed E-state index contributed by atoms with van der Waals surface area (Å²) in [5, 5.41) is 7.10. The highest BCUT2D eigenvalue weighted by Crippen LogP contribution is 2.45. The molecule has 144 valence electrons. The molecule has 2 aliphatic rings. The van der Waals surface area contributed by atoms with Crippen LogP contribution in [0.15, 0.2) is 18.6 Å². The van der Waals surface area contributed by atoms with E-state index in [-0.39, 0.29) is 23.3 Å². The summed E-state index contributed by atoms with van der Waals surface area (Å²) < 4.78 is 66.2. The minimum absolute atomic E-state index is 0. The number of fused-ring (bicyclic) bond motifs is 1. The second-order valence-electron chi connectivity index (χ2n) is 6.81. The number of hydrogen-bond donors (Lipinski definition) is 1. The third-order valence-corrected chi connectivity index (χ3v) is 5.17. The zero-order chi connectivity index (χ0) is 17.9. The molecule has 1 N–H and O–H groups in total. The first kappa shape index (κ1) is 19.1. The number of alkyl halides is 5. The normalized spacial score (nSPS) is 23.8. The Kier molecular flexibility index (Phi) is 4.55. The Morgan fingerprint density at radius 1 is 1.15 bits per heavy atom. The van der Waals surface area contributed by atoms with Gasteiger partial charge in [-0.1, -0.05) is 0 Å². The van der Waals surface area contributed by atoms with E-state index in [4.69, 9.17) is 0 Å². The van der Waals surface area contributed by atoms with Crippen molar-refractivity contribution in [2.45, 2.75) is 24.9 Å². The van der Waals surface area contributed by atoms with Crippen LogP contribution in [0.3, 0.4) is 0 Å². The Balaban J connectivity index is 0.00000196. The first-order valence-electron chi connectivity index (χ1n) is 7.96. The number of aromatic nitrogens is 3. The zero-order valence-corrected chi connectivity index (χ0v) is 14.4. The van der Waals surface area contributed by atoms with E-state index in [0.29, 0.717) is 18.9 Å². The summed E-state index contributed by atoms with van der Waals surface area (Å²) in [6.45, 7) is 3.19. The maximum absolute atomic E-state index is 13.6. The molecule has 2 aromatic heterocycles. The smallest absolute Gasteiger partial charge is 0.354 e. The van der Waals surface area contributed by atoms with Crippen LogP contribution in [0.25, 0.3) is 5.52 Å². The van der Waals surface area contributed by atoms with Gasteiger partial charge in [-0.05, 0) is 25.5 Å². The van der Waals surface area contributed by atoms with E-state index in [9.17, 15) is 22.0 Å². The van der Waals surface area contributed by atoms with Crippen LogP contribution in [0.1, 0.15) is 18.4 Å². The van der Waals surface area contributed by atoms with Gasteiger partial charge in [-0.3, -0.25) is 0 Å². The van der Waals surface area contributed by atoms with Gasteiger partial charge < -0.3 is 10.2 Å². The molecule has 4 heterocycles. The van der Waals surface area contributed by atoms with Crippen LogP contribution in [0, 0.1) is 5.41 Å². The fraction of sp³-hybridized carbons (Fsp3) is 0.600. The third kappa shape index (κ3) is 2.88. The van der Waals surface area contributed by atoms with Gasteiger partial charge in [0.2, 0.25) is 0 Å². The second kappa shape index (κ2) is 6.19. The van der Waals surface area contributed by atoms with E-state index in [0.717, 1.165) is 42.7 Å². The van der Waals surface area contributed by atoms with Crippen LogP contribution >= 0.6 is 12.4 Å². The highest BCUT2D eigenvalue weighted by atomic mass is 35.5. The van der Waals surface area contributed by atoms with Crippen molar-refractivity contribution < 1.29 is 22.0 Å². The Bertz CT molecular complexity index is 799. The van der Waals surface area contributed by atoms with Crippen LogP contribution in [0.4, 0.5) is 27.8 Å². The first-order valence-corrected chi connectivity index (χ1v) is 7.96. The average Bonchev–Trinajstić information content (AvgIpc) is 3.26. The SMILES string of the molecule is Cl.FC(F)(F)C(F)(F)c1cc2c(N3CCC4(CCNC4)C3)ncnn2c1. The molecule has 11 heteroatoms. The van der Waals surface area contributed by atoms with Crippen molar-refractivity contribution in [2.75, 3.05) is 31.1 Å². The van der Waals surface area contributed by atoms with E-state index in [1.54, 1.807) is 0 Å². The Morgan fingerprint density at radius 2 is 1.92 bits per heavy atom. The monoisotopic (exact) mass is 397 g/mol. The summed E-state index contributed by atoms with van der Waals surface area (Å²) in [5.74, 6) is -4.54. The molecule has 2 saturated heterocycles. The molecule has 0 bridgehead atoms. The molecule has 2 aromatic rings. The molecule has 0 amide bonds. The maximum atomic E-state index is 13.6. The molecular weight excluding hydrogens is 381 g/mol. The van der Waals surface area contributed by atoms with Crippen molar-refractivity contribution in [1.29, 1.82) is 0 Å². The van der Waals surface area contributed by atoms with E-state index in [1.165, 1.54) is 6.33 Å². The van der Waals surface area contributed by atoms with Crippen LogP contribution in [0.5, 0.6) is 0 Å². The molecule has 5 nitrogen and oxygen atoms in total. The Labute approximate surface area is 152 Å². The van der Waals surface area contributed by atoms with Crippen LogP contribution in [0.2, 0.25) is 0 Å². The highest BCUT2D eigenvalue weighted by Gasteiger charge is 2.59. The summed E-state index contributed by atoms with van der Waals surface area (Å²) in [6, 6.07) is 0.834. The second-order valence-corrected chi connectivity index (χ2v) is 6.81. The van der Waals surface area contributed by atoms with Gasteiger partial charge in [0.1, 0.15) is 11.8 Å². The van der Waals surface area contributed by atoms with Crippen molar-refractivity contribution >= 4 is 23.7 Å². The highest BCUT2D eigenvalue weighted by molar-refractivity contribution is 5.85. The molecule has 0 aliphatic carbocycles. The van der Waals surface area contributed by atoms with E-state index in [1.807, 2.05) is 4.90 Å². The van der Waals surface area contributed by atoms with Crippen LogP contribution in [-0.4, -0.2) is 47.0 Å². The largest absolute Gasteiger partial charge is 0.458 e. The lowest BCUT2D eigenvalue weighted by Gasteiger charge is -2.23. The van der Waals surface area contributed by atoms with Gasteiger partial charge in [0, 0.05) is 31.2 Å². The van der Waals surface area contributed by atoms with Crippen molar-refractivity contribution in [2.24, 2.45) is 5.41 Å². The van der Waals surface area contributed by atoms with Crippen LogP contribution in [-0.2, 0) is 5.92 Å². The first-order chi connectivity index (χ1) is 11.7. The number of halogens is 6. The molecule has 0 aromatic carbocycles. The Morgan fingerprint density at radius 3 is 2.58 bits per heavy atom.